The zero-order valence-corrected chi connectivity index (χ0v) is 17.6. The van der Waals surface area contributed by atoms with E-state index in [2.05, 4.69) is 25.3 Å². The van der Waals surface area contributed by atoms with E-state index in [9.17, 15) is 19.5 Å². The largest absolute Gasteiger partial charge is 0.481 e. The highest BCUT2D eigenvalue weighted by Crippen LogP contribution is 2.19. The van der Waals surface area contributed by atoms with E-state index < -0.39 is 23.9 Å². The number of aliphatic carboxylic acids is 2. The molecule has 0 fully saturated rings. The van der Waals surface area contributed by atoms with Crippen molar-refractivity contribution in [3.63, 3.8) is 0 Å². The molecule has 7 N–H and O–H groups in total. The van der Waals surface area contributed by atoms with Crippen molar-refractivity contribution in [1.29, 1.82) is 0 Å². The van der Waals surface area contributed by atoms with Gasteiger partial charge in [-0.3, -0.25) is 9.59 Å². The summed E-state index contributed by atoms with van der Waals surface area (Å²) < 4.78 is 0. The third-order valence-electron chi connectivity index (χ3n) is 4.70. The first-order valence-electron chi connectivity index (χ1n) is 9.75. The van der Waals surface area contributed by atoms with Gasteiger partial charge in [0, 0.05) is 24.7 Å². The third kappa shape index (κ3) is 5.78. The summed E-state index contributed by atoms with van der Waals surface area (Å²) in [6.07, 6.45) is 0.922. The Hall–Kier alpha value is -4.55. The predicted octanol–water partition coefficient (Wildman–Crippen LogP) is 0.268. The molecule has 0 radical (unpaired) electrons. The average Bonchev–Trinajstić information content (AvgIpc) is 2.76. The Kier molecular flexibility index (Phi) is 6.81. The number of amides is 1. The maximum atomic E-state index is 12.5. The van der Waals surface area contributed by atoms with Crippen LogP contribution in [0.25, 0.3) is 11.2 Å². The van der Waals surface area contributed by atoms with Gasteiger partial charge in [-0.1, -0.05) is 6.07 Å². The van der Waals surface area contributed by atoms with Gasteiger partial charge < -0.3 is 31.9 Å². The maximum Gasteiger partial charge on any atom is 0.326 e. The molecule has 13 nitrogen and oxygen atoms in total. The van der Waals surface area contributed by atoms with E-state index in [-0.39, 0.29) is 35.8 Å². The monoisotopic (exact) mass is 454 g/mol. The summed E-state index contributed by atoms with van der Waals surface area (Å²) >= 11 is 0. The van der Waals surface area contributed by atoms with Crippen LogP contribution in [0.5, 0.6) is 0 Å². The number of carboxylic acid groups (broad SMARTS) is 2. The predicted molar refractivity (Wildman–Crippen MR) is 118 cm³/mol. The number of nitrogens with zero attached hydrogens (tertiary/aromatic N) is 5. The normalized spacial score (nSPS) is 11.7. The molecule has 3 aromatic rings. The van der Waals surface area contributed by atoms with Crippen LogP contribution < -0.4 is 21.7 Å². The molecule has 0 aliphatic rings. The standard InChI is InChI=1S/C20H22N8O5/c1-28(9-11-8-23-17-15(24-11)16(21)26-20(22)27-17)12-4-2-3-10(7-12)18(31)25-13(19(32)33)5-6-14(29)30/h2-4,7-8,13H,5-6,9H2,1H3,(H,25,31)(H,29,30)(H,32,33)(H4,21,22,23,26,27). The lowest BCUT2D eigenvalue weighted by Crippen LogP contribution is -2.41. The van der Waals surface area contributed by atoms with Gasteiger partial charge in [0.25, 0.3) is 5.91 Å². The van der Waals surface area contributed by atoms with Crippen molar-refractivity contribution in [3.8, 4) is 0 Å². The molecular formula is C20H22N8O5. The van der Waals surface area contributed by atoms with Gasteiger partial charge in [0.05, 0.1) is 18.4 Å². The minimum atomic E-state index is -1.32. The van der Waals surface area contributed by atoms with Gasteiger partial charge in [0.1, 0.15) is 6.04 Å². The van der Waals surface area contributed by atoms with Crippen LogP contribution in [-0.4, -0.2) is 61.1 Å². The molecule has 0 aliphatic carbocycles. The molecule has 33 heavy (non-hydrogen) atoms. The summed E-state index contributed by atoms with van der Waals surface area (Å²) in [4.78, 5) is 52.9. The highest BCUT2D eigenvalue weighted by atomic mass is 16.4. The second-order valence-electron chi connectivity index (χ2n) is 7.20. The first kappa shape index (κ1) is 23.1. The van der Waals surface area contributed by atoms with Crippen LogP contribution in [0.1, 0.15) is 28.9 Å². The number of anilines is 3. The fourth-order valence-electron chi connectivity index (χ4n) is 3.04. The SMILES string of the molecule is CN(Cc1cnc2nc(N)nc(N)c2n1)c1cccc(C(=O)NC(CCC(=O)O)C(=O)O)c1. The average molecular weight is 454 g/mol. The van der Waals surface area contributed by atoms with Gasteiger partial charge in [-0.25, -0.2) is 14.8 Å². The first-order valence-corrected chi connectivity index (χ1v) is 9.75. The fraction of sp³-hybridized carbons (Fsp3) is 0.250. The molecule has 2 heterocycles. The lowest BCUT2D eigenvalue weighted by atomic mass is 10.1. The Morgan fingerprint density at radius 3 is 2.61 bits per heavy atom. The molecule has 2 aromatic heterocycles. The number of rotatable bonds is 9. The molecule has 0 aliphatic heterocycles. The Labute approximate surface area is 187 Å². The summed E-state index contributed by atoms with van der Waals surface area (Å²) in [5.41, 5.74) is 13.5. The van der Waals surface area contributed by atoms with E-state index >= 15 is 0 Å². The molecule has 0 spiro atoms. The van der Waals surface area contributed by atoms with Gasteiger partial charge >= 0.3 is 11.9 Å². The third-order valence-corrected chi connectivity index (χ3v) is 4.70. The topological polar surface area (TPSA) is 211 Å². The van der Waals surface area contributed by atoms with Crippen LogP contribution in [0.2, 0.25) is 0 Å². The van der Waals surface area contributed by atoms with Crippen molar-refractivity contribution >= 4 is 46.5 Å². The number of carboxylic acids is 2. The van der Waals surface area contributed by atoms with Crippen molar-refractivity contribution in [2.24, 2.45) is 0 Å². The highest BCUT2D eigenvalue weighted by molar-refractivity contribution is 5.97. The summed E-state index contributed by atoms with van der Waals surface area (Å²) in [6, 6.07) is 5.21. The molecule has 0 saturated heterocycles. The summed E-state index contributed by atoms with van der Waals surface area (Å²) in [5, 5.41) is 20.4. The van der Waals surface area contributed by atoms with Gasteiger partial charge in [0.15, 0.2) is 17.0 Å². The fourth-order valence-corrected chi connectivity index (χ4v) is 3.04. The molecule has 0 bridgehead atoms. The second kappa shape index (κ2) is 9.72. The van der Waals surface area contributed by atoms with E-state index in [0.29, 0.717) is 23.4 Å². The van der Waals surface area contributed by atoms with Crippen molar-refractivity contribution in [1.82, 2.24) is 25.3 Å². The number of nitrogen functional groups attached to an aromatic ring is 2. The number of carbonyl (C=O) groups excluding carboxylic acids is 1. The number of nitrogens with one attached hydrogen (secondary N) is 1. The molecular weight excluding hydrogens is 432 g/mol. The van der Waals surface area contributed by atoms with Crippen molar-refractivity contribution < 1.29 is 24.6 Å². The van der Waals surface area contributed by atoms with Crippen LogP contribution in [0.4, 0.5) is 17.5 Å². The van der Waals surface area contributed by atoms with Crippen molar-refractivity contribution in [2.45, 2.75) is 25.4 Å². The number of benzene rings is 1. The molecule has 172 valence electrons. The Morgan fingerprint density at radius 2 is 1.91 bits per heavy atom. The molecule has 13 heteroatoms. The summed E-state index contributed by atoms with van der Waals surface area (Å²) in [5.74, 6) is -2.96. The van der Waals surface area contributed by atoms with Crippen LogP contribution in [-0.2, 0) is 16.1 Å². The van der Waals surface area contributed by atoms with Crippen LogP contribution in [0.3, 0.4) is 0 Å². The highest BCUT2D eigenvalue weighted by Gasteiger charge is 2.22. The Morgan fingerprint density at radius 1 is 1.15 bits per heavy atom. The quantitative estimate of drug-likeness (QED) is 0.295. The molecule has 1 atom stereocenters. The van der Waals surface area contributed by atoms with E-state index in [1.165, 1.54) is 12.3 Å². The van der Waals surface area contributed by atoms with Gasteiger partial charge in [-0.2, -0.15) is 9.97 Å². The lowest BCUT2D eigenvalue weighted by Gasteiger charge is -2.20. The van der Waals surface area contributed by atoms with Gasteiger partial charge in [0.2, 0.25) is 5.95 Å². The second-order valence-corrected chi connectivity index (χ2v) is 7.20. The molecule has 0 saturated carbocycles. The zero-order valence-electron chi connectivity index (χ0n) is 17.6. The Balaban J connectivity index is 1.74. The number of hydrogen-bond donors (Lipinski definition) is 5. The number of fused-ring (bicyclic) bond motifs is 1. The summed E-state index contributed by atoms with van der Waals surface area (Å²) in [6.45, 7) is 0.314. The van der Waals surface area contributed by atoms with Crippen LogP contribution in [0.15, 0.2) is 30.5 Å². The molecule has 3 rings (SSSR count). The van der Waals surface area contributed by atoms with E-state index in [1.807, 2.05) is 0 Å². The van der Waals surface area contributed by atoms with E-state index in [0.717, 1.165) is 0 Å². The number of hydrogen-bond acceptors (Lipinski definition) is 10. The molecule has 1 unspecified atom stereocenters. The van der Waals surface area contributed by atoms with Gasteiger partial charge in [-0.15, -0.1) is 0 Å². The van der Waals surface area contributed by atoms with Crippen molar-refractivity contribution in [2.75, 3.05) is 23.4 Å². The molecule has 1 amide bonds. The first-order chi connectivity index (χ1) is 15.6. The number of aromatic nitrogens is 4. The Bertz CT molecular complexity index is 1220. The maximum absolute atomic E-state index is 12.5. The molecule has 1 aromatic carbocycles. The van der Waals surface area contributed by atoms with Crippen LogP contribution in [0, 0.1) is 0 Å². The minimum absolute atomic E-state index is 0.00218. The smallest absolute Gasteiger partial charge is 0.326 e. The van der Waals surface area contributed by atoms with Crippen LogP contribution >= 0.6 is 0 Å². The van der Waals surface area contributed by atoms with Gasteiger partial charge in [-0.05, 0) is 24.6 Å². The number of nitrogens with two attached hydrogens (primary N) is 2. The van der Waals surface area contributed by atoms with E-state index in [4.69, 9.17) is 16.6 Å². The van der Waals surface area contributed by atoms with E-state index in [1.54, 1.807) is 30.1 Å². The zero-order chi connectivity index (χ0) is 24.1. The number of carbonyl (C=O) groups is 3. The minimum Gasteiger partial charge on any atom is -0.481 e. The van der Waals surface area contributed by atoms with Crippen molar-refractivity contribution in [3.05, 3.63) is 41.7 Å². The lowest BCUT2D eigenvalue weighted by molar-refractivity contribution is -0.140. The summed E-state index contributed by atoms with van der Waals surface area (Å²) in [7, 11) is 1.78.